The second-order valence-electron chi connectivity index (χ2n) is 13.2. The predicted molar refractivity (Wildman–Crippen MR) is 201 cm³/mol. The largest absolute Gasteiger partial charge is 0.301 e. The summed E-state index contributed by atoms with van der Waals surface area (Å²) in [5.74, 6) is 0. The van der Waals surface area contributed by atoms with Crippen molar-refractivity contribution in [2.75, 3.05) is 0 Å². The summed E-state index contributed by atoms with van der Waals surface area (Å²) in [5.41, 5.74) is 10.3. The van der Waals surface area contributed by atoms with Crippen molar-refractivity contribution in [3.05, 3.63) is 160 Å². The van der Waals surface area contributed by atoms with Crippen LogP contribution in [-0.2, 0) is 0 Å². The molecule has 226 valence electrons. The highest BCUT2D eigenvalue weighted by Crippen LogP contribution is 2.46. The minimum Gasteiger partial charge on any atom is -0.301 e. The van der Waals surface area contributed by atoms with E-state index in [0.29, 0.717) is 10.8 Å². The Hall–Kier alpha value is -6.72. The Morgan fingerprint density at radius 2 is 0.673 bits per heavy atom. The summed E-state index contributed by atoms with van der Waals surface area (Å²) in [7, 11) is 0. The van der Waals surface area contributed by atoms with Crippen LogP contribution in [0, 0.1) is 0 Å². The van der Waals surface area contributed by atoms with Gasteiger partial charge in [-0.3, -0.25) is 18.4 Å². The summed E-state index contributed by atoms with van der Waals surface area (Å²) in [6, 6.07) is 47.6. The molecule has 0 N–H and O–H groups in total. The number of benzene rings is 7. The van der Waals surface area contributed by atoms with Crippen LogP contribution in [0.4, 0.5) is 0 Å². The summed E-state index contributed by atoms with van der Waals surface area (Å²) < 4.78 is 6.20. The lowest BCUT2D eigenvalue weighted by Crippen LogP contribution is -2.21. The highest BCUT2D eigenvalue weighted by atomic mass is 16.1. The molecule has 5 aromatic heterocycles. The van der Waals surface area contributed by atoms with Crippen LogP contribution < -0.4 is 11.1 Å². The SMILES string of the molecule is O=c1c2ccccc2c2cc3c4ccccc4c(=O)n4c5cc(-c6ccccc6)cc6c7cc(-c8ccccc8)cc8c7n(c65)c(c2n18)c34. The smallest absolute Gasteiger partial charge is 0.263 e. The molecular formula is C44H23N3O2. The fourth-order valence-corrected chi connectivity index (χ4v) is 8.83. The van der Waals surface area contributed by atoms with Crippen molar-refractivity contribution in [3.63, 3.8) is 0 Å². The number of aromatic nitrogens is 3. The summed E-state index contributed by atoms with van der Waals surface area (Å²) in [6.45, 7) is 0. The van der Waals surface area contributed by atoms with Crippen LogP contribution >= 0.6 is 0 Å². The second-order valence-corrected chi connectivity index (χ2v) is 13.2. The van der Waals surface area contributed by atoms with E-state index in [-0.39, 0.29) is 11.1 Å². The van der Waals surface area contributed by atoms with Gasteiger partial charge in [-0.1, -0.05) is 97.1 Å². The van der Waals surface area contributed by atoms with E-state index in [0.717, 1.165) is 93.2 Å². The van der Waals surface area contributed by atoms with Crippen molar-refractivity contribution >= 4 is 81.7 Å². The van der Waals surface area contributed by atoms with Crippen molar-refractivity contribution in [1.82, 2.24) is 13.2 Å². The van der Waals surface area contributed by atoms with E-state index in [1.54, 1.807) is 0 Å². The van der Waals surface area contributed by atoms with E-state index in [4.69, 9.17) is 0 Å². The molecule has 7 aromatic carbocycles. The molecule has 49 heavy (non-hydrogen) atoms. The van der Waals surface area contributed by atoms with Crippen molar-refractivity contribution < 1.29 is 0 Å². The van der Waals surface area contributed by atoms with E-state index >= 15 is 0 Å². The topological polar surface area (TPSA) is 47.4 Å². The summed E-state index contributed by atoms with van der Waals surface area (Å²) >= 11 is 0. The van der Waals surface area contributed by atoms with Crippen LogP contribution in [0.1, 0.15) is 0 Å². The van der Waals surface area contributed by atoms with Gasteiger partial charge < -0.3 is 4.40 Å². The average Bonchev–Trinajstić information content (AvgIpc) is 3.50. The van der Waals surface area contributed by atoms with E-state index in [1.165, 1.54) is 0 Å². The fourth-order valence-electron chi connectivity index (χ4n) is 8.83. The standard InChI is InChI=1S/C44H23N3O2/c48-43-30-17-9-7-15-28(30)34-23-35-29-16-8-10-18-31(29)44(49)46-37-22-27(25-13-5-2-6-14-25)20-33-32-19-26(24-11-3-1-4-12-24)21-36-38(32)47(39(33)37)42(41(35)46)40(34)45(36)43/h1-23H. The highest BCUT2D eigenvalue weighted by molar-refractivity contribution is 6.30. The number of rotatable bonds is 2. The lowest BCUT2D eigenvalue weighted by Gasteiger charge is -2.22. The van der Waals surface area contributed by atoms with Crippen LogP contribution in [-0.4, -0.2) is 13.2 Å². The zero-order valence-corrected chi connectivity index (χ0v) is 25.9. The van der Waals surface area contributed by atoms with Crippen LogP contribution in [0.3, 0.4) is 0 Å². The summed E-state index contributed by atoms with van der Waals surface area (Å²) in [4.78, 5) is 29.6. The summed E-state index contributed by atoms with van der Waals surface area (Å²) in [5, 5.41) is 7.23. The zero-order chi connectivity index (χ0) is 32.1. The first-order valence-corrected chi connectivity index (χ1v) is 16.5. The van der Waals surface area contributed by atoms with Gasteiger partial charge in [0.1, 0.15) is 0 Å². The minimum atomic E-state index is -0.0628. The van der Waals surface area contributed by atoms with Crippen molar-refractivity contribution in [2.24, 2.45) is 0 Å². The van der Waals surface area contributed by atoms with Gasteiger partial charge in [0.25, 0.3) is 11.1 Å². The number of hydrogen-bond donors (Lipinski definition) is 0. The number of fused-ring (bicyclic) bond motifs is 7. The maximum atomic E-state index is 14.8. The van der Waals surface area contributed by atoms with Crippen LogP contribution in [0.2, 0.25) is 0 Å². The van der Waals surface area contributed by atoms with E-state index in [2.05, 4.69) is 59.0 Å². The third-order valence-corrected chi connectivity index (χ3v) is 10.8. The summed E-state index contributed by atoms with van der Waals surface area (Å²) in [6.07, 6.45) is 0. The molecule has 5 heteroatoms. The minimum absolute atomic E-state index is 0.0628. The molecule has 0 spiro atoms. The molecule has 0 aliphatic rings. The Balaban J connectivity index is 1.50. The fraction of sp³-hybridized carbons (Fsp3) is 0. The van der Waals surface area contributed by atoms with Crippen molar-refractivity contribution in [2.45, 2.75) is 0 Å². The second kappa shape index (κ2) is 8.59. The molecule has 0 radical (unpaired) electrons. The molecule has 5 heterocycles. The third kappa shape index (κ3) is 2.94. The van der Waals surface area contributed by atoms with Gasteiger partial charge in [0.2, 0.25) is 0 Å². The van der Waals surface area contributed by atoms with Crippen LogP contribution in [0.25, 0.3) is 104 Å². The molecule has 0 aliphatic carbocycles. The lowest BCUT2D eigenvalue weighted by atomic mass is 9.97. The first kappa shape index (κ1) is 25.4. The first-order valence-electron chi connectivity index (χ1n) is 16.5. The van der Waals surface area contributed by atoms with E-state index < -0.39 is 0 Å². The predicted octanol–water partition coefficient (Wildman–Crippen LogP) is 9.73. The van der Waals surface area contributed by atoms with Crippen LogP contribution in [0.15, 0.2) is 149 Å². The van der Waals surface area contributed by atoms with Gasteiger partial charge in [0, 0.05) is 32.3 Å². The molecule has 0 amide bonds. The maximum absolute atomic E-state index is 14.8. The van der Waals surface area contributed by atoms with Gasteiger partial charge >= 0.3 is 0 Å². The van der Waals surface area contributed by atoms with Crippen molar-refractivity contribution in [1.29, 1.82) is 0 Å². The van der Waals surface area contributed by atoms with Gasteiger partial charge in [-0.2, -0.15) is 0 Å². The quantitative estimate of drug-likeness (QED) is 0.142. The monoisotopic (exact) mass is 625 g/mol. The molecule has 0 atom stereocenters. The number of hydrogen-bond acceptors (Lipinski definition) is 2. The van der Waals surface area contributed by atoms with Gasteiger partial charge in [0.05, 0.1) is 38.6 Å². The van der Waals surface area contributed by atoms with E-state index in [1.807, 2.05) is 93.7 Å². The van der Waals surface area contributed by atoms with Gasteiger partial charge in [-0.15, -0.1) is 0 Å². The lowest BCUT2D eigenvalue weighted by molar-refractivity contribution is 1.13. The average molecular weight is 626 g/mol. The molecule has 12 aromatic rings. The molecule has 0 saturated heterocycles. The molecule has 0 fully saturated rings. The molecule has 12 rings (SSSR count). The normalized spacial score (nSPS) is 12.7. The third-order valence-electron chi connectivity index (χ3n) is 10.8. The number of pyridine rings is 2. The molecule has 0 unspecified atom stereocenters. The Bertz CT molecular complexity index is 3240. The van der Waals surface area contributed by atoms with Gasteiger partial charge in [-0.25, -0.2) is 0 Å². The van der Waals surface area contributed by atoms with Crippen LogP contribution in [0.5, 0.6) is 0 Å². The van der Waals surface area contributed by atoms with Gasteiger partial charge in [0.15, 0.2) is 0 Å². The Morgan fingerprint density at radius 1 is 0.286 bits per heavy atom. The molecule has 0 aliphatic heterocycles. The number of nitrogens with zero attached hydrogens (tertiary/aromatic N) is 3. The zero-order valence-electron chi connectivity index (χ0n) is 25.9. The Kier molecular flexibility index (Phi) is 4.45. The Labute approximate surface area is 276 Å². The first-order chi connectivity index (χ1) is 24.2. The Morgan fingerprint density at radius 3 is 1.12 bits per heavy atom. The molecular weight excluding hydrogens is 603 g/mol. The highest BCUT2D eigenvalue weighted by Gasteiger charge is 2.29. The molecule has 0 saturated carbocycles. The van der Waals surface area contributed by atoms with Crippen molar-refractivity contribution in [3.8, 4) is 22.3 Å². The maximum Gasteiger partial charge on any atom is 0.263 e. The van der Waals surface area contributed by atoms with Gasteiger partial charge in [-0.05, 0) is 75.5 Å². The van der Waals surface area contributed by atoms with E-state index in [9.17, 15) is 9.59 Å². The molecule has 0 bridgehead atoms. The molecule has 5 nitrogen and oxygen atoms in total.